The zero-order valence-electron chi connectivity index (χ0n) is 12.1. The van der Waals surface area contributed by atoms with Crippen molar-refractivity contribution < 1.29 is 0 Å². The summed E-state index contributed by atoms with van der Waals surface area (Å²) >= 11 is 6.22. The van der Waals surface area contributed by atoms with Gasteiger partial charge >= 0.3 is 0 Å². The fourth-order valence-corrected chi connectivity index (χ4v) is 2.74. The lowest BCUT2D eigenvalue weighted by Gasteiger charge is -2.43. The molecule has 0 aliphatic rings. The van der Waals surface area contributed by atoms with Gasteiger partial charge in [0.25, 0.3) is 0 Å². The highest BCUT2D eigenvalue weighted by Crippen LogP contribution is 2.44. The maximum atomic E-state index is 6.22. The van der Waals surface area contributed by atoms with Gasteiger partial charge < -0.3 is 0 Å². The van der Waals surface area contributed by atoms with Gasteiger partial charge in [0, 0.05) is 0 Å². The molecule has 0 aliphatic heterocycles. The van der Waals surface area contributed by atoms with Crippen LogP contribution in [-0.4, -0.2) is 14.8 Å². The molecule has 1 aromatic carbocycles. The van der Waals surface area contributed by atoms with E-state index < -0.39 is 0 Å². The minimum absolute atomic E-state index is 0.0591. The van der Waals surface area contributed by atoms with Crippen LogP contribution in [0.25, 0.3) is 0 Å². The molecule has 19 heavy (non-hydrogen) atoms. The van der Waals surface area contributed by atoms with Crippen molar-refractivity contribution in [2.75, 3.05) is 0 Å². The average molecular weight is 278 g/mol. The summed E-state index contributed by atoms with van der Waals surface area (Å²) in [6, 6.07) is 8.35. The van der Waals surface area contributed by atoms with Crippen molar-refractivity contribution in [2.24, 2.45) is 5.41 Å². The van der Waals surface area contributed by atoms with Crippen LogP contribution in [0.2, 0.25) is 5.28 Å². The maximum absolute atomic E-state index is 6.22. The van der Waals surface area contributed by atoms with Crippen molar-refractivity contribution in [3.05, 3.63) is 47.0 Å². The Bertz CT molecular complexity index is 583. The molecule has 0 aliphatic carbocycles. The summed E-state index contributed by atoms with van der Waals surface area (Å²) in [5.74, 6) is 0. The summed E-state index contributed by atoms with van der Waals surface area (Å²) in [6.45, 7) is 10.9. The van der Waals surface area contributed by atoms with E-state index in [-0.39, 0.29) is 11.0 Å². The van der Waals surface area contributed by atoms with E-state index in [0.29, 0.717) is 5.28 Å². The molecule has 1 unspecified atom stereocenters. The molecular formula is C15H20ClN3. The molecule has 0 saturated heterocycles. The van der Waals surface area contributed by atoms with E-state index in [0.717, 1.165) is 0 Å². The van der Waals surface area contributed by atoms with Gasteiger partial charge in [-0.15, -0.1) is 0 Å². The molecule has 1 aromatic heterocycles. The number of rotatable bonds is 2. The number of nitrogens with zero attached hydrogens (tertiary/aromatic N) is 3. The molecule has 3 nitrogen and oxygen atoms in total. The van der Waals surface area contributed by atoms with Crippen molar-refractivity contribution in [3.63, 3.8) is 0 Å². The van der Waals surface area contributed by atoms with Gasteiger partial charge in [-0.1, -0.05) is 45.0 Å². The molecular weight excluding hydrogens is 258 g/mol. The van der Waals surface area contributed by atoms with Crippen molar-refractivity contribution in [1.29, 1.82) is 0 Å². The second-order valence-electron chi connectivity index (χ2n) is 6.08. The molecule has 0 fully saturated rings. The zero-order chi connectivity index (χ0) is 14.3. The first-order valence-corrected chi connectivity index (χ1v) is 6.78. The van der Waals surface area contributed by atoms with Crippen LogP contribution in [0, 0.1) is 12.3 Å². The maximum Gasteiger partial charge on any atom is 0.221 e. The first kappa shape index (κ1) is 14.1. The lowest BCUT2D eigenvalue weighted by molar-refractivity contribution is 0.147. The van der Waals surface area contributed by atoms with Crippen LogP contribution < -0.4 is 0 Å². The second-order valence-corrected chi connectivity index (χ2v) is 6.42. The molecule has 2 rings (SSSR count). The van der Waals surface area contributed by atoms with Gasteiger partial charge in [0.15, 0.2) is 0 Å². The summed E-state index contributed by atoms with van der Waals surface area (Å²) in [6.07, 6.45) is 1.50. The van der Waals surface area contributed by atoms with E-state index in [4.69, 9.17) is 11.6 Å². The third kappa shape index (κ3) is 2.16. The molecule has 1 heterocycles. The summed E-state index contributed by atoms with van der Waals surface area (Å²) < 4.78 is 1.82. The highest BCUT2D eigenvalue weighted by atomic mass is 35.5. The van der Waals surface area contributed by atoms with E-state index in [1.54, 1.807) is 0 Å². The Balaban J connectivity index is 2.74. The predicted octanol–water partition coefficient (Wildman–Crippen LogP) is 4.05. The Labute approximate surface area is 119 Å². The largest absolute Gasteiger partial charge is 0.225 e. The highest BCUT2D eigenvalue weighted by molar-refractivity contribution is 6.28. The van der Waals surface area contributed by atoms with Gasteiger partial charge in [-0.25, -0.2) is 9.67 Å². The number of hydrogen-bond acceptors (Lipinski definition) is 2. The fourth-order valence-electron chi connectivity index (χ4n) is 2.48. The molecule has 2 aromatic rings. The molecule has 0 N–H and O–H groups in total. The lowest BCUT2D eigenvalue weighted by Crippen LogP contribution is -2.45. The smallest absolute Gasteiger partial charge is 0.221 e. The fraction of sp³-hybridized carbons (Fsp3) is 0.467. The molecule has 1 atom stereocenters. The average Bonchev–Trinajstić information content (AvgIpc) is 2.74. The summed E-state index contributed by atoms with van der Waals surface area (Å²) in [7, 11) is 0. The van der Waals surface area contributed by atoms with Crippen LogP contribution in [0.4, 0.5) is 0 Å². The number of benzene rings is 1. The van der Waals surface area contributed by atoms with Crippen molar-refractivity contribution in [2.45, 2.75) is 40.2 Å². The molecule has 102 valence electrons. The number of halogens is 1. The Kier molecular flexibility index (Phi) is 3.43. The normalized spacial score (nSPS) is 15.3. The first-order valence-electron chi connectivity index (χ1n) is 6.40. The summed E-state index contributed by atoms with van der Waals surface area (Å²) in [5.41, 5.74) is 2.03. The van der Waals surface area contributed by atoms with Crippen LogP contribution in [0.5, 0.6) is 0 Å². The molecule has 0 amide bonds. The minimum Gasteiger partial charge on any atom is -0.225 e. The molecule has 0 spiro atoms. The van der Waals surface area contributed by atoms with E-state index in [1.807, 2.05) is 10.7 Å². The third-order valence-electron chi connectivity index (χ3n) is 4.06. The highest BCUT2D eigenvalue weighted by Gasteiger charge is 2.43. The molecule has 0 radical (unpaired) electrons. The quantitative estimate of drug-likeness (QED) is 0.829. The van der Waals surface area contributed by atoms with E-state index in [1.165, 1.54) is 17.5 Å². The Morgan fingerprint density at radius 2 is 1.74 bits per heavy atom. The monoisotopic (exact) mass is 277 g/mol. The SMILES string of the molecule is Cc1ccccc1C(C)(n1ncnc1Cl)C(C)(C)C. The summed E-state index contributed by atoms with van der Waals surface area (Å²) in [4.78, 5) is 4.07. The number of aryl methyl sites for hydroxylation is 1. The van der Waals surface area contributed by atoms with E-state index in [2.05, 4.69) is 62.9 Å². The third-order valence-corrected chi connectivity index (χ3v) is 4.32. The van der Waals surface area contributed by atoms with E-state index >= 15 is 0 Å². The lowest BCUT2D eigenvalue weighted by atomic mass is 9.69. The minimum atomic E-state index is -0.355. The van der Waals surface area contributed by atoms with Gasteiger partial charge in [0.05, 0.1) is 5.54 Å². The summed E-state index contributed by atoms with van der Waals surface area (Å²) in [5, 5.41) is 4.76. The van der Waals surface area contributed by atoms with Crippen molar-refractivity contribution in [1.82, 2.24) is 14.8 Å². The van der Waals surface area contributed by atoms with Crippen LogP contribution >= 0.6 is 11.6 Å². The van der Waals surface area contributed by atoms with Crippen molar-refractivity contribution >= 4 is 11.6 Å². The Morgan fingerprint density at radius 3 is 2.21 bits per heavy atom. The van der Waals surface area contributed by atoms with Crippen LogP contribution in [0.1, 0.15) is 38.8 Å². The topological polar surface area (TPSA) is 30.7 Å². The van der Waals surface area contributed by atoms with Crippen LogP contribution in [-0.2, 0) is 5.54 Å². The molecule has 0 bridgehead atoms. The van der Waals surface area contributed by atoms with Crippen molar-refractivity contribution in [3.8, 4) is 0 Å². The van der Waals surface area contributed by atoms with Gasteiger partial charge in [0.2, 0.25) is 5.28 Å². The molecule has 0 saturated carbocycles. The Morgan fingerprint density at radius 1 is 1.11 bits per heavy atom. The van der Waals surface area contributed by atoms with Gasteiger partial charge in [-0.05, 0) is 42.0 Å². The first-order chi connectivity index (χ1) is 8.78. The molecule has 4 heteroatoms. The number of hydrogen-bond donors (Lipinski definition) is 0. The van der Waals surface area contributed by atoms with Crippen LogP contribution in [0.3, 0.4) is 0 Å². The predicted molar refractivity (Wildman–Crippen MR) is 78.4 cm³/mol. The second kappa shape index (κ2) is 4.64. The van der Waals surface area contributed by atoms with Gasteiger partial charge in [-0.3, -0.25) is 0 Å². The van der Waals surface area contributed by atoms with Crippen LogP contribution in [0.15, 0.2) is 30.6 Å². The standard InChI is InChI=1S/C15H20ClN3/c1-11-8-6-7-9-12(11)15(5,14(2,3)4)19-13(16)17-10-18-19/h6-10H,1-5H3. The van der Waals surface area contributed by atoms with Gasteiger partial charge in [0.1, 0.15) is 6.33 Å². The zero-order valence-corrected chi connectivity index (χ0v) is 12.9. The number of aromatic nitrogens is 3. The van der Waals surface area contributed by atoms with Gasteiger partial charge in [-0.2, -0.15) is 5.10 Å². The van der Waals surface area contributed by atoms with E-state index in [9.17, 15) is 0 Å². The Hall–Kier alpha value is -1.35.